The molecule has 1 heterocycles. The average Bonchev–Trinajstić information content (AvgIpc) is 3.11. The highest BCUT2D eigenvalue weighted by molar-refractivity contribution is 7.99. The van der Waals surface area contributed by atoms with Crippen LogP contribution in [0.5, 0.6) is 0 Å². The number of hydrogen-bond donors (Lipinski definition) is 2. The van der Waals surface area contributed by atoms with Crippen LogP contribution in [-0.4, -0.2) is 41.5 Å². The minimum atomic E-state index is -0.665. The first-order chi connectivity index (χ1) is 12.1. The molecule has 0 saturated heterocycles. The number of thioether (sulfide) groups is 1. The minimum absolute atomic E-state index is 0.150. The molecule has 1 amide bonds. The molecule has 1 aromatic heterocycles. The van der Waals surface area contributed by atoms with Crippen molar-refractivity contribution in [3.05, 3.63) is 53.9 Å². The van der Waals surface area contributed by atoms with E-state index in [-0.39, 0.29) is 24.0 Å². The van der Waals surface area contributed by atoms with Crippen molar-refractivity contribution in [2.75, 3.05) is 18.9 Å². The van der Waals surface area contributed by atoms with E-state index in [0.717, 1.165) is 12.2 Å². The van der Waals surface area contributed by atoms with Gasteiger partial charge in [0.2, 0.25) is 0 Å². The number of carbonyl (C=O) groups is 3. The number of ether oxygens (including phenoxy) is 1. The molecule has 0 radical (unpaired) electrons. The van der Waals surface area contributed by atoms with Crippen LogP contribution in [0.15, 0.2) is 47.5 Å². The number of ketones is 1. The van der Waals surface area contributed by atoms with E-state index in [9.17, 15) is 14.4 Å². The van der Waals surface area contributed by atoms with Gasteiger partial charge in [0.05, 0.1) is 0 Å². The van der Waals surface area contributed by atoms with E-state index in [0.29, 0.717) is 12.1 Å². The van der Waals surface area contributed by atoms with Gasteiger partial charge in [-0.3, -0.25) is 9.59 Å². The Morgan fingerprint density at radius 1 is 1.20 bits per heavy atom. The molecule has 1 aromatic carbocycles. The molecule has 0 saturated carbocycles. The lowest BCUT2D eigenvalue weighted by atomic mass is 10.2. The third-order valence-corrected chi connectivity index (χ3v) is 4.40. The predicted molar refractivity (Wildman–Crippen MR) is 95.9 cm³/mol. The molecular weight excluding hydrogens is 340 g/mol. The molecule has 0 spiro atoms. The second kappa shape index (κ2) is 9.68. The van der Waals surface area contributed by atoms with Crippen LogP contribution >= 0.6 is 11.8 Å². The highest BCUT2D eigenvalue weighted by atomic mass is 32.2. The molecule has 0 unspecified atom stereocenters. The van der Waals surface area contributed by atoms with Gasteiger partial charge in [0.15, 0.2) is 12.4 Å². The molecule has 6 nitrogen and oxygen atoms in total. The molecule has 0 bridgehead atoms. The van der Waals surface area contributed by atoms with Crippen LogP contribution in [0.25, 0.3) is 0 Å². The summed E-state index contributed by atoms with van der Waals surface area (Å²) in [4.78, 5) is 38.5. The van der Waals surface area contributed by atoms with Crippen molar-refractivity contribution in [2.45, 2.75) is 18.2 Å². The molecule has 25 heavy (non-hydrogen) atoms. The number of esters is 1. The zero-order valence-electron chi connectivity index (χ0n) is 13.9. The Labute approximate surface area is 150 Å². The molecule has 0 atom stereocenters. The van der Waals surface area contributed by atoms with Gasteiger partial charge < -0.3 is 15.0 Å². The number of aromatic nitrogens is 1. The summed E-state index contributed by atoms with van der Waals surface area (Å²) in [6.07, 6.45) is 2.25. The van der Waals surface area contributed by atoms with E-state index in [1.165, 1.54) is 24.1 Å². The van der Waals surface area contributed by atoms with Crippen LogP contribution < -0.4 is 5.32 Å². The monoisotopic (exact) mass is 360 g/mol. The van der Waals surface area contributed by atoms with Crippen LogP contribution in [0, 0.1) is 0 Å². The fourth-order valence-electron chi connectivity index (χ4n) is 1.98. The number of benzene rings is 1. The van der Waals surface area contributed by atoms with Crippen molar-refractivity contribution in [3.8, 4) is 0 Å². The standard InChI is InChI=1S/C18H20N2O4S/c1-13(21)14-10-16(20-11-14)18(23)24-12-17(22)19-8-5-9-25-15-6-3-2-4-7-15/h2-4,6-7,10-11,20H,5,8-9,12H2,1H3,(H,19,22). The second-order valence-corrected chi connectivity index (χ2v) is 6.47. The molecule has 2 N–H and O–H groups in total. The number of Topliss-reactive ketones (excluding diaryl/α,β-unsaturated/α-hetero) is 1. The number of rotatable bonds is 9. The third-order valence-electron chi connectivity index (χ3n) is 3.30. The zero-order chi connectivity index (χ0) is 18.1. The van der Waals surface area contributed by atoms with E-state index in [1.54, 1.807) is 11.8 Å². The quantitative estimate of drug-likeness (QED) is 0.311. The van der Waals surface area contributed by atoms with Crippen molar-refractivity contribution >= 4 is 29.4 Å². The molecular formula is C18H20N2O4S. The van der Waals surface area contributed by atoms with Gasteiger partial charge in [-0.15, -0.1) is 11.8 Å². The van der Waals surface area contributed by atoms with E-state index in [1.807, 2.05) is 30.3 Å². The predicted octanol–water partition coefficient (Wildman–Crippen LogP) is 2.67. The molecule has 0 fully saturated rings. The fourth-order valence-corrected chi connectivity index (χ4v) is 2.86. The number of H-pyrrole nitrogens is 1. The maximum atomic E-state index is 11.8. The van der Waals surface area contributed by atoms with Crippen molar-refractivity contribution in [1.29, 1.82) is 0 Å². The SMILES string of the molecule is CC(=O)c1c[nH]c(C(=O)OCC(=O)NCCCSc2ccccc2)c1. The van der Waals surface area contributed by atoms with Gasteiger partial charge in [0, 0.05) is 23.2 Å². The van der Waals surface area contributed by atoms with Gasteiger partial charge in [0.25, 0.3) is 5.91 Å². The fraction of sp³-hybridized carbons (Fsp3) is 0.278. The third kappa shape index (κ3) is 6.46. The average molecular weight is 360 g/mol. The normalized spacial score (nSPS) is 10.3. The first kappa shape index (κ1) is 18.8. The second-order valence-electron chi connectivity index (χ2n) is 5.30. The summed E-state index contributed by atoms with van der Waals surface area (Å²) in [7, 11) is 0. The summed E-state index contributed by atoms with van der Waals surface area (Å²) >= 11 is 1.72. The Hall–Kier alpha value is -2.54. The van der Waals surface area contributed by atoms with Gasteiger partial charge >= 0.3 is 5.97 Å². The lowest BCUT2D eigenvalue weighted by molar-refractivity contribution is -0.124. The summed E-state index contributed by atoms with van der Waals surface area (Å²) < 4.78 is 4.91. The van der Waals surface area contributed by atoms with Gasteiger partial charge in [-0.2, -0.15) is 0 Å². The number of carbonyl (C=O) groups excluding carboxylic acids is 3. The topological polar surface area (TPSA) is 88.3 Å². The molecule has 132 valence electrons. The Bertz CT molecular complexity index is 728. The van der Waals surface area contributed by atoms with Gasteiger partial charge in [0.1, 0.15) is 5.69 Å². The van der Waals surface area contributed by atoms with Crippen molar-refractivity contribution in [2.24, 2.45) is 0 Å². The zero-order valence-corrected chi connectivity index (χ0v) is 14.7. The summed E-state index contributed by atoms with van der Waals surface area (Å²) in [6.45, 7) is 1.58. The van der Waals surface area contributed by atoms with E-state index in [4.69, 9.17) is 4.74 Å². The molecule has 2 rings (SSSR count). The summed E-state index contributed by atoms with van der Waals surface area (Å²) in [5.41, 5.74) is 0.546. The molecule has 0 aliphatic rings. The van der Waals surface area contributed by atoms with E-state index >= 15 is 0 Å². The smallest absolute Gasteiger partial charge is 0.355 e. The van der Waals surface area contributed by atoms with Gasteiger partial charge in [-0.1, -0.05) is 18.2 Å². The molecule has 0 aliphatic heterocycles. The Morgan fingerprint density at radius 3 is 2.64 bits per heavy atom. The highest BCUT2D eigenvalue weighted by Gasteiger charge is 2.13. The van der Waals surface area contributed by atoms with Crippen molar-refractivity contribution in [3.63, 3.8) is 0 Å². The maximum absolute atomic E-state index is 11.8. The first-order valence-electron chi connectivity index (χ1n) is 7.87. The number of amides is 1. The maximum Gasteiger partial charge on any atom is 0.355 e. The Kier molecular flexibility index (Phi) is 7.28. The number of nitrogens with one attached hydrogen (secondary N) is 2. The summed E-state index contributed by atoms with van der Waals surface area (Å²) in [5.74, 6) is -0.277. The van der Waals surface area contributed by atoms with Crippen LogP contribution in [0.3, 0.4) is 0 Å². The van der Waals surface area contributed by atoms with Crippen molar-refractivity contribution < 1.29 is 19.1 Å². The Balaban J connectivity index is 1.60. The van der Waals surface area contributed by atoms with E-state index < -0.39 is 5.97 Å². The summed E-state index contributed by atoms with van der Waals surface area (Å²) in [6, 6.07) is 11.4. The minimum Gasteiger partial charge on any atom is -0.451 e. The van der Waals surface area contributed by atoms with Crippen LogP contribution in [-0.2, 0) is 9.53 Å². The van der Waals surface area contributed by atoms with Crippen LogP contribution in [0.2, 0.25) is 0 Å². The van der Waals surface area contributed by atoms with Gasteiger partial charge in [-0.25, -0.2) is 4.79 Å². The van der Waals surface area contributed by atoms with Crippen LogP contribution in [0.1, 0.15) is 34.2 Å². The molecule has 0 aliphatic carbocycles. The lowest BCUT2D eigenvalue weighted by Crippen LogP contribution is -2.29. The van der Waals surface area contributed by atoms with Crippen molar-refractivity contribution in [1.82, 2.24) is 10.3 Å². The number of hydrogen-bond acceptors (Lipinski definition) is 5. The molecule has 2 aromatic rings. The highest BCUT2D eigenvalue weighted by Crippen LogP contribution is 2.17. The van der Waals surface area contributed by atoms with Crippen LogP contribution in [0.4, 0.5) is 0 Å². The van der Waals surface area contributed by atoms with E-state index in [2.05, 4.69) is 10.3 Å². The summed E-state index contributed by atoms with van der Waals surface area (Å²) in [5, 5.41) is 2.71. The Morgan fingerprint density at radius 2 is 1.96 bits per heavy atom. The first-order valence-corrected chi connectivity index (χ1v) is 8.86. The largest absolute Gasteiger partial charge is 0.451 e. The van der Waals surface area contributed by atoms with Gasteiger partial charge in [-0.05, 0) is 37.3 Å². The lowest BCUT2D eigenvalue weighted by Gasteiger charge is -2.06. The molecule has 7 heteroatoms. The number of aromatic amines is 1.